The van der Waals surface area contributed by atoms with E-state index in [0.29, 0.717) is 26.3 Å². The third kappa shape index (κ3) is 2.07. The third-order valence-electron chi connectivity index (χ3n) is 3.53. The molecule has 0 amide bonds. The molecule has 0 atom stereocenters. The Labute approximate surface area is 106 Å². The Morgan fingerprint density at radius 3 is 3.00 bits per heavy atom. The molecular formula is C12H18N4O2. The van der Waals surface area contributed by atoms with Crippen LogP contribution in [-0.4, -0.2) is 42.3 Å². The molecule has 0 radical (unpaired) electrons. The summed E-state index contributed by atoms with van der Waals surface area (Å²) in [5, 5.41) is 8.17. The first-order chi connectivity index (χ1) is 8.83. The fourth-order valence-corrected chi connectivity index (χ4v) is 2.68. The molecule has 0 bridgehead atoms. The molecule has 2 aliphatic heterocycles. The average molecular weight is 250 g/mol. The van der Waals surface area contributed by atoms with Crippen LogP contribution in [0.2, 0.25) is 0 Å². The van der Waals surface area contributed by atoms with Crippen molar-refractivity contribution < 1.29 is 9.47 Å². The number of piperidine rings is 1. The molecule has 0 unspecified atom stereocenters. The molecule has 2 N–H and O–H groups in total. The van der Waals surface area contributed by atoms with Crippen molar-refractivity contribution in [2.24, 2.45) is 5.73 Å². The monoisotopic (exact) mass is 250 g/mol. The highest BCUT2D eigenvalue weighted by molar-refractivity contribution is 5.46. The largest absolute Gasteiger partial charge is 0.349 e. The number of nitrogens with two attached hydrogens (primary N) is 1. The van der Waals surface area contributed by atoms with Crippen LogP contribution in [0.3, 0.4) is 0 Å². The van der Waals surface area contributed by atoms with Crippen molar-refractivity contribution >= 4 is 5.82 Å². The number of aromatic nitrogens is 2. The summed E-state index contributed by atoms with van der Waals surface area (Å²) in [7, 11) is 0. The van der Waals surface area contributed by atoms with E-state index in [-0.39, 0.29) is 0 Å². The Bertz CT molecular complexity index is 420. The Hall–Kier alpha value is -1.24. The van der Waals surface area contributed by atoms with Crippen LogP contribution in [0.15, 0.2) is 12.3 Å². The number of hydrogen-bond donors (Lipinski definition) is 1. The predicted octanol–water partition coefficient (Wildman–Crippen LogP) is 0.279. The lowest BCUT2D eigenvalue weighted by molar-refractivity contribution is -0.161. The average Bonchev–Trinajstić information content (AvgIpc) is 2.86. The maximum Gasteiger partial charge on any atom is 0.186 e. The van der Waals surface area contributed by atoms with Crippen molar-refractivity contribution in [1.29, 1.82) is 0 Å². The number of rotatable bonds is 2. The van der Waals surface area contributed by atoms with Gasteiger partial charge in [-0.15, -0.1) is 5.10 Å². The summed E-state index contributed by atoms with van der Waals surface area (Å²) < 4.78 is 11.5. The standard InChI is InChI=1S/C12H18N4O2/c13-8-10-2-4-14-15-11(10)16-5-1-3-12(9-16)17-6-7-18-12/h2,4H,1,3,5-9,13H2. The molecule has 0 saturated carbocycles. The first-order valence-electron chi connectivity index (χ1n) is 6.36. The van der Waals surface area contributed by atoms with E-state index in [0.717, 1.165) is 30.8 Å². The zero-order chi connectivity index (χ0) is 12.4. The van der Waals surface area contributed by atoms with E-state index in [1.165, 1.54) is 0 Å². The summed E-state index contributed by atoms with van der Waals surface area (Å²) in [5.41, 5.74) is 6.76. The Morgan fingerprint density at radius 2 is 2.22 bits per heavy atom. The van der Waals surface area contributed by atoms with Crippen LogP contribution >= 0.6 is 0 Å². The highest BCUT2D eigenvalue weighted by Crippen LogP contribution is 2.32. The topological polar surface area (TPSA) is 73.5 Å². The molecule has 2 saturated heterocycles. The van der Waals surface area contributed by atoms with Gasteiger partial charge in [-0.1, -0.05) is 0 Å². The van der Waals surface area contributed by atoms with Gasteiger partial charge < -0.3 is 20.1 Å². The normalized spacial score (nSPS) is 22.6. The van der Waals surface area contributed by atoms with E-state index in [1.54, 1.807) is 6.20 Å². The van der Waals surface area contributed by atoms with Crippen LogP contribution in [-0.2, 0) is 16.0 Å². The second-order valence-corrected chi connectivity index (χ2v) is 4.72. The van der Waals surface area contributed by atoms with Crippen molar-refractivity contribution in [1.82, 2.24) is 10.2 Å². The molecule has 3 heterocycles. The van der Waals surface area contributed by atoms with Gasteiger partial charge in [0, 0.05) is 25.1 Å². The second kappa shape index (κ2) is 4.79. The molecule has 0 aromatic carbocycles. The van der Waals surface area contributed by atoms with Crippen LogP contribution < -0.4 is 10.6 Å². The maximum absolute atomic E-state index is 5.76. The number of hydrogen-bond acceptors (Lipinski definition) is 6. The van der Waals surface area contributed by atoms with E-state index < -0.39 is 5.79 Å². The molecule has 2 aliphatic rings. The van der Waals surface area contributed by atoms with Crippen LogP contribution in [0.25, 0.3) is 0 Å². The van der Waals surface area contributed by atoms with Crippen molar-refractivity contribution in [2.45, 2.75) is 25.2 Å². The van der Waals surface area contributed by atoms with E-state index in [2.05, 4.69) is 15.1 Å². The van der Waals surface area contributed by atoms with Gasteiger partial charge in [-0.3, -0.25) is 0 Å². The lowest BCUT2D eigenvalue weighted by Crippen LogP contribution is -2.49. The van der Waals surface area contributed by atoms with Crippen LogP contribution in [0, 0.1) is 0 Å². The van der Waals surface area contributed by atoms with Gasteiger partial charge in [-0.05, 0) is 12.5 Å². The summed E-state index contributed by atoms with van der Waals surface area (Å²) in [5.74, 6) is 0.417. The quantitative estimate of drug-likeness (QED) is 0.812. The van der Waals surface area contributed by atoms with E-state index >= 15 is 0 Å². The van der Waals surface area contributed by atoms with E-state index in [1.807, 2.05) is 6.07 Å². The van der Waals surface area contributed by atoms with Gasteiger partial charge in [0.15, 0.2) is 11.6 Å². The number of anilines is 1. The molecular weight excluding hydrogens is 232 g/mol. The molecule has 98 valence electrons. The third-order valence-corrected chi connectivity index (χ3v) is 3.53. The highest BCUT2D eigenvalue weighted by Gasteiger charge is 2.41. The minimum absolute atomic E-state index is 0.443. The summed E-state index contributed by atoms with van der Waals surface area (Å²) in [6.07, 6.45) is 3.65. The van der Waals surface area contributed by atoms with Crippen LogP contribution in [0.1, 0.15) is 18.4 Å². The van der Waals surface area contributed by atoms with E-state index in [4.69, 9.17) is 15.2 Å². The maximum atomic E-state index is 5.76. The Morgan fingerprint density at radius 1 is 1.39 bits per heavy atom. The zero-order valence-electron chi connectivity index (χ0n) is 10.3. The Kier molecular flexibility index (Phi) is 3.15. The molecule has 6 nitrogen and oxygen atoms in total. The van der Waals surface area contributed by atoms with Crippen molar-refractivity contribution in [2.75, 3.05) is 31.2 Å². The van der Waals surface area contributed by atoms with Gasteiger partial charge in [0.1, 0.15) is 0 Å². The van der Waals surface area contributed by atoms with Gasteiger partial charge in [-0.2, -0.15) is 5.10 Å². The molecule has 1 aromatic rings. The van der Waals surface area contributed by atoms with Crippen molar-refractivity contribution in [3.63, 3.8) is 0 Å². The second-order valence-electron chi connectivity index (χ2n) is 4.72. The van der Waals surface area contributed by atoms with E-state index in [9.17, 15) is 0 Å². The van der Waals surface area contributed by atoms with Gasteiger partial charge in [-0.25, -0.2) is 0 Å². The smallest absolute Gasteiger partial charge is 0.186 e. The molecule has 2 fully saturated rings. The minimum Gasteiger partial charge on any atom is -0.349 e. The first kappa shape index (κ1) is 11.8. The molecule has 0 aliphatic carbocycles. The summed E-state index contributed by atoms with van der Waals surface area (Å²) in [4.78, 5) is 2.17. The fraction of sp³-hybridized carbons (Fsp3) is 0.667. The predicted molar refractivity (Wildman–Crippen MR) is 66.0 cm³/mol. The summed E-state index contributed by atoms with van der Waals surface area (Å²) in [6.45, 7) is 3.48. The molecule has 1 aromatic heterocycles. The van der Waals surface area contributed by atoms with Gasteiger partial charge >= 0.3 is 0 Å². The molecule has 1 spiro atoms. The zero-order valence-corrected chi connectivity index (χ0v) is 10.3. The fourth-order valence-electron chi connectivity index (χ4n) is 2.68. The number of nitrogens with zero attached hydrogens (tertiary/aromatic N) is 3. The Balaban J connectivity index is 1.83. The van der Waals surface area contributed by atoms with Gasteiger partial charge in [0.25, 0.3) is 0 Å². The van der Waals surface area contributed by atoms with Crippen LogP contribution in [0.5, 0.6) is 0 Å². The first-order valence-corrected chi connectivity index (χ1v) is 6.36. The van der Waals surface area contributed by atoms with Gasteiger partial charge in [0.2, 0.25) is 0 Å². The summed E-state index contributed by atoms with van der Waals surface area (Å²) in [6, 6.07) is 1.92. The lowest BCUT2D eigenvalue weighted by atomic mass is 10.0. The highest BCUT2D eigenvalue weighted by atomic mass is 16.7. The number of ether oxygens (including phenoxy) is 2. The van der Waals surface area contributed by atoms with Crippen LogP contribution in [0.4, 0.5) is 5.82 Å². The van der Waals surface area contributed by atoms with Crippen molar-refractivity contribution in [3.8, 4) is 0 Å². The molecule has 3 rings (SSSR count). The summed E-state index contributed by atoms with van der Waals surface area (Å²) >= 11 is 0. The molecule has 18 heavy (non-hydrogen) atoms. The SMILES string of the molecule is NCc1ccnnc1N1CCCC2(C1)OCCO2. The van der Waals surface area contributed by atoms with Gasteiger partial charge in [0.05, 0.1) is 26.0 Å². The molecule has 6 heteroatoms. The minimum atomic E-state index is -0.443. The van der Waals surface area contributed by atoms with Crippen molar-refractivity contribution in [3.05, 3.63) is 17.8 Å². The lowest BCUT2D eigenvalue weighted by Gasteiger charge is -2.39.